The second kappa shape index (κ2) is 12.9. The van der Waals surface area contributed by atoms with E-state index in [-0.39, 0.29) is 12.5 Å². The minimum atomic E-state index is -0.916. The lowest BCUT2D eigenvalue weighted by Gasteiger charge is -2.33. The van der Waals surface area contributed by atoms with Crippen LogP contribution in [0.25, 0.3) is 0 Å². The molecular weight excluding hydrogens is 442 g/mol. The lowest BCUT2D eigenvalue weighted by molar-refractivity contribution is -0.142. The molecule has 8 heteroatoms. The zero-order valence-corrected chi connectivity index (χ0v) is 20.7. The number of nitrogens with two attached hydrogens (primary N) is 1. The monoisotopic (exact) mass is 479 g/mol. The molecule has 0 radical (unpaired) electrons. The van der Waals surface area contributed by atoms with Gasteiger partial charge in [0.05, 0.1) is 24.8 Å². The lowest BCUT2D eigenvalue weighted by atomic mass is 9.90. The van der Waals surface area contributed by atoms with E-state index >= 15 is 0 Å². The standard InChI is InChI=1S/C27H37N5O3/c1-20(24(27(34)35)16-23-10-11-25(28)29-17-23)30-19-31(2)18-26(33)32-14-12-22(13-15-32)9-8-21-6-4-3-5-7-21/h3-7,10-11,17,19-20,22,24H,8-9,12-16,18H2,1-2H3,(H2,28,29)(H,34,35). The molecule has 2 atom stereocenters. The first-order chi connectivity index (χ1) is 16.8. The summed E-state index contributed by atoms with van der Waals surface area (Å²) in [4.78, 5) is 36.7. The number of piperidine rings is 1. The van der Waals surface area contributed by atoms with Crippen LogP contribution in [0.4, 0.5) is 5.82 Å². The average Bonchev–Trinajstić information content (AvgIpc) is 2.86. The molecule has 0 bridgehead atoms. The van der Waals surface area contributed by atoms with Crippen LogP contribution >= 0.6 is 0 Å². The van der Waals surface area contributed by atoms with E-state index in [1.807, 2.05) is 11.0 Å². The molecule has 188 valence electrons. The van der Waals surface area contributed by atoms with Gasteiger partial charge < -0.3 is 20.6 Å². The molecule has 0 spiro atoms. The van der Waals surface area contributed by atoms with Crippen molar-refractivity contribution in [3.63, 3.8) is 0 Å². The van der Waals surface area contributed by atoms with Crippen molar-refractivity contribution in [3.8, 4) is 0 Å². The summed E-state index contributed by atoms with van der Waals surface area (Å²) in [6.07, 6.45) is 7.80. The summed E-state index contributed by atoms with van der Waals surface area (Å²) in [6.45, 7) is 3.58. The zero-order valence-electron chi connectivity index (χ0n) is 20.7. The molecule has 2 heterocycles. The molecule has 35 heavy (non-hydrogen) atoms. The first-order valence-corrected chi connectivity index (χ1v) is 12.3. The number of amides is 1. The summed E-state index contributed by atoms with van der Waals surface area (Å²) in [7, 11) is 1.79. The largest absolute Gasteiger partial charge is 0.481 e. The van der Waals surface area contributed by atoms with Gasteiger partial charge in [-0.1, -0.05) is 36.4 Å². The van der Waals surface area contributed by atoms with Crippen molar-refractivity contribution in [2.45, 2.75) is 45.1 Å². The van der Waals surface area contributed by atoms with Crippen LogP contribution in [0.5, 0.6) is 0 Å². The van der Waals surface area contributed by atoms with Gasteiger partial charge in [-0.05, 0) is 62.1 Å². The Labute approximate surface area is 207 Å². The van der Waals surface area contributed by atoms with Crippen LogP contribution in [0, 0.1) is 11.8 Å². The van der Waals surface area contributed by atoms with Crippen LogP contribution in [-0.4, -0.2) is 70.8 Å². The number of benzene rings is 1. The second-order valence-electron chi connectivity index (χ2n) is 9.51. The van der Waals surface area contributed by atoms with Crippen LogP contribution in [0.1, 0.15) is 37.3 Å². The van der Waals surface area contributed by atoms with Gasteiger partial charge >= 0.3 is 5.97 Å². The molecule has 1 saturated heterocycles. The minimum Gasteiger partial charge on any atom is -0.481 e. The maximum absolute atomic E-state index is 12.8. The predicted molar refractivity (Wildman–Crippen MR) is 138 cm³/mol. The van der Waals surface area contributed by atoms with Crippen LogP contribution in [0.3, 0.4) is 0 Å². The number of pyridine rings is 1. The number of carboxylic acids is 1. The molecule has 0 aliphatic carbocycles. The van der Waals surface area contributed by atoms with Gasteiger partial charge in [0.2, 0.25) is 5.91 Å². The molecular formula is C27H37N5O3. The van der Waals surface area contributed by atoms with E-state index in [4.69, 9.17) is 5.73 Å². The number of aliphatic imine (C=N–C) groups is 1. The maximum Gasteiger partial charge on any atom is 0.309 e. The number of aromatic nitrogens is 1. The van der Waals surface area contributed by atoms with Crippen molar-refractivity contribution in [3.05, 3.63) is 59.8 Å². The first-order valence-electron chi connectivity index (χ1n) is 12.3. The molecule has 1 aromatic heterocycles. The third kappa shape index (κ3) is 8.38. The van der Waals surface area contributed by atoms with Gasteiger partial charge in [0.15, 0.2) is 0 Å². The molecule has 3 rings (SSSR count). The summed E-state index contributed by atoms with van der Waals surface area (Å²) < 4.78 is 0. The van der Waals surface area contributed by atoms with E-state index < -0.39 is 17.9 Å². The minimum absolute atomic E-state index is 0.0795. The Balaban J connectivity index is 1.42. The van der Waals surface area contributed by atoms with Crippen molar-refractivity contribution in [2.75, 3.05) is 32.4 Å². The summed E-state index contributed by atoms with van der Waals surface area (Å²) in [5, 5.41) is 9.67. The second-order valence-corrected chi connectivity index (χ2v) is 9.51. The van der Waals surface area contributed by atoms with E-state index in [0.29, 0.717) is 18.2 Å². The van der Waals surface area contributed by atoms with Crippen molar-refractivity contribution in [1.82, 2.24) is 14.8 Å². The topological polar surface area (TPSA) is 112 Å². The SMILES string of the molecule is CC(N=CN(C)CC(=O)N1CCC(CCc2ccccc2)CC1)C(Cc1ccc(N)nc1)C(=O)O. The molecule has 2 unspecified atom stereocenters. The average molecular weight is 480 g/mol. The number of nitrogens with zero attached hydrogens (tertiary/aromatic N) is 4. The Morgan fingerprint density at radius 2 is 1.91 bits per heavy atom. The van der Waals surface area contributed by atoms with Gasteiger partial charge in [0.25, 0.3) is 0 Å². The highest BCUT2D eigenvalue weighted by molar-refractivity contribution is 5.80. The van der Waals surface area contributed by atoms with Crippen molar-refractivity contribution in [2.24, 2.45) is 16.8 Å². The van der Waals surface area contributed by atoms with Gasteiger partial charge in [0.1, 0.15) is 5.82 Å². The maximum atomic E-state index is 12.8. The van der Waals surface area contributed by atoms with Gasteiger partial charge in [-0.25, -0.2) is 4.98 Å². The molecule has 1 aromatic carbocycles. The van der Waals surface area contributed by atoms with E-state index in [2.05, 4.69) is 34.2 Å². The number of carbonyl (C=O) groups is 2. The van der Waals surface area contributed by atoms with Gasteiger partial charge in [0, 0.05) is 26.3 Å². The van der Waals surface area contributed by atoms with Gasteiger partial charge in [-0.15, -0.1) is 0 Å². The number of carbonyl (C=O) groups excluding carboxylic acids is 1. The number of nitrogen functional groups attached to an aromatic ring is 1. The van der Waals surface area contributed by atoms with E-state index in [1.54, 1.807) is 43.5 Å². The van der Waals surface area contributed by atoms with Crippen LogP contribution < -0.4 is 5.73 Å². The zero-order chi connectivity index (χ0) is 25.2. The predicted octanol–water partition coefficient (Wildman–Crippen LogP) is 3.13. The molecule has 2 aromatic rings. The number of likely N-dealkylation sites (N-methyl/N-ethyl adjacent to an activating group) is 1. The number of likely N-dealkylation sites (tertiary alicyclic amines) is 1. The Hall–Kier alpha value is -3.42. The van der Waals surface area contributed by atoms with Crippen molar-refractivity contribution >= 4 is 24.0 Å². The Kier molecular flexibility index (Phi) is 9.64. The Bertz CT molecular complexity index is 972. The quantitative estimate of drug-likeness (QED) is 0.378. The first kappa shape index (κ1) is 26.2. The molecule has 1 amide bonds. The molecule has 8 nitrogen and oxygen atoms in total. The van der Waals surface area contributed by atoms with Gasteiger partial charge in [-0.3, -0.25) is 14.6 Å². The number of anilines is 1. The number of hydrogen-bond acceptors (Lipinski definition) is 5. The fraction of sp³-hybridized carbons (Fsp3) is 0.481. The highest BCUT2D eigenvalue weighted by atomic mass is 16.4. The molecule has 0 saturated carbocycles. The number of rotatable bonds is 11. The van der Waals surface area contributed by atoms with Crippen molar-refractivity contribution in [1.29, 1.82) is 0 Å². The third-order valence-electron chi connectivity index (χ3n) is 6.74. The summed E-state index contributed by atoms with van der Waals surface area (Å²) in [5.74, 6) is -0.482. The van der Waals surface area contributed by atoms with Gasteiger partial charge in [-0.2, -0.15) is 0 Å². The summed E-state index contributed by atoms with van der Waals surface area (Å²) >= 11 is 0. The molecule has 1 aliphatic heterocycles. The number of carboxylic acid groups (broad SMARTS) is 1. The van der Waals surface area contributed by atoms with Crippen LogP contribution in [-0.2, 0) is 22.4 Å². The summed E-state index contributed by atoms with van der Waals surface area (Å²) in [5.41, 5.74) is 7.77. The number of hydrogen-bond donors (Lipinski definition) is 2. The smallest absolute Gasteiger partial charge is 0.309 e. The summed E-state index contributed by atoms with van der Waals surface area (Å²) in [6, 6.07) is 13.5. The molecule has 1 fully saturated rings. The fourth-order valence-electron chi connectivity index (χ4n) is 4.44. The molecule has 3 N–H and O–H groups in total. The third-order valence-corrected chi connectivity index (χ3v) is 6.74. The number of aryl methyl sites for hydroxylation is 1. The lowest BCUT2D eigenvalue weighted by Crippen LogP contribution is -2.43. The fourth-order valence-corrected chi connectivity index (χ4v) is 4.44. The highest BCUT2D eigenvalue weighted by Gasteiger charge is 2.25. The van der Waals surface area contributed by atoms with Crippen LogP contribution in [0.2, 0.25) is 0 Å². The Morgan fingerprint density at radius 3 is 2.54 bits per heavy atom. The van der Waals surface area contributed by atoms with Crippen LogP contribution in [0.15, 0.2) is 53.7 Å². The van der Waals surface area contributed by atoms with Crippen molar-refractivity contribution < 1.29 is 14.7 Å². The van der Waals surface area contributed by atoms with E-state index in [1.165, 1.54) is 5.56 Å². The molecule has 1 aliphatic rings. The van der Waals surface area contributed by atoms with E-state index in [9.17, 15) is 14.7 Å². The number of aliphatic carboxylic acids is 1. The van der Waals surface area contributed by atoms with E-state index in [0.717, 1.165) is 44.3 Å². The Morgan fingerprint density at radius 1 is 1.20 bits per heavy atom. The normalized spacial score (nSPS) is 16.2. The highest BCUT2D eigenvalue weighted by Crippen LogP contribution is 2.22.